The zero-order valence-electron chi connectivity index (χ0n) is 14.7. The molecule has 0 bridgehead atoms. The van der Waals surface area contributed by atoms with E-state index in [9.17, 15) is 4.79 Å². The molecule has 1 fully saturated rings. The number of rotatable bonds is 4. The zero-order chi connectivity index (χ0) is 17.1. The second kappa shape index (κ2) is 7.18. The summed E-state index contributed by atoms with van der Waals surface area (Å²) in [6.07, 6.45) is 3.63. The van der Waals surface area contributed by atoms with Crippen LogP contribution in [0.15, 0.2) is 30.3 Å². The monoisotopic (exact) mass is 326 g/mol. The van der Waals surface area contributed by atoms with Crippen molar-refractivity contribution in [2.24, 2.45) is 0 Å². The van der Waals surface area contributed by atoms with Gasteiger partial charge >= 0.3 is 0 Å². The number of anilines is 1. The molecule has 1 aromatic carbocycles. The molecule has 1 amide bonds. The minimum Gasteiger partial charge on any atom is -0.322 e. The van der Waals surface area contributed by atoms with Gasteiger partial charge < -0.3 is 5.32 Å². The topological polar surface area (TPSA) is 50.2 Å². The van der Waals surface area contributed by atoms with Gasteiger partial charge in [0, 0.05) is 6.04 Å². The van der Waals surface area contributed by atoms with Crippen LogP contribution in [-0.4, -0.2) is 39.7 Å². The Balaban J connectivity index is 1.73. The summed E-state index contributed by atoms with van der Waals surface area (Å²) in [5, 5.41) is 7.66. The number of carbonyl (C=O) groups excluding carboxylic acids is 1. The van der Waals surface area contributed by atoms with Gasteiger partial charge in [0.05, 0.1) is 29.3 Å². The van der Waals surface area contributed by atoms with E-state index in [2.05, 4.69) is 22.2 Å². The molecule has 1 aliphatic rings. The number of piperidine rings is 1. The van der Waals surface area contributed by atoms with Crippen molar-refractivity contribution in [1.29, 1.82) is 0 Å². The van der Waals surface area contributed by atoms with Crippen LogP contribution in [0.1, 0.15) is 37.6 Å². The van der Waals surface area contributed by atoms with E-state index in [4.69, 9.17) is 0 Å². The molecule has 3 rings (SSSR count). The van der Waals surface area contributed by atoms with E-state index in [1.54, 1.807) is 0 Å². The van der Waals surface area contributed by atoms with Crippen molar-refractivity contribution < 1.29 is 4.79 Å². The van der Waals surface area contributed by atoms with Gasteiger partial charge in [-0.1, -0.05) is 24.6 Å². The van der Waals surface area contributed by atoms with Crippen LogP contribution in [0.2, 0.25) is 0 Å². The Labute approximate surface area is 143 Å². The lowest BCUT2D eigenvalue weighted by Crippen LogP contribution is -2.42. The molecule has 0 spiro atoms. The third-order valence-electron chi connectivity index (χ3n) is 4.84. The van der Waals surface area contributed by atoms with Crippen LogP contribution >= 0.6 is 0 Å². The van der Waals surface area contributed by atoms with Crippen LogP contribution in [-0.2, 0) is 4.79 Å². The first-order valence-electron chi connectivity index (χ1n) is 8.72. The van der Waals surface area contributed by atoms with E-state index < -0.39 is 0 Å². The molecule has 2 heterocycles. The molecule has 1 atom stereocenters. The largest absolute Gasteiger partial charge is 0.322 e. The van der Waals surface area contributed by atoms with E-state index in [0.29, 0.717) is 12.6 Å². The molecular formula is C19H26N4O. The van der Waals surface area contributed by atoms with Crippen molar-refractivity contribution in [3.05, 3.63) is 41.7 Å². The molecule has 0 radical (unpaired) electrons. The summed E-state index contributed by atoms with van der Waals surface area (Å²) in [7, 11) is 0. The van der Waals surface area contributed by atoms with Gasteiger partial charge in [-0.2, -0.15) is 5.10 Å². The smallest absolute Gasteiger partial charge is 0.238 e. The molecule has 0 unspecified atom stereocenters. The molecule has 24 heavy (non-hydrogen) atoms. The maximum Gasteiger partial charge on any atom is 0.238 e. The van der Waals surface area contributed by atoms with Crippen molar-refractivity contribution in [3.8, 4) is 5.69 Å². The second-order valence-corrected chi connectivity index (χ2v) is 6.66. The van der Waals surface area contributed by atoms with Gasteiger partial charge in [0.25, 0.3) is 0 Å². The lowest BCUT2D eigenvalue weighted by Gasteiger charge is -2.32. The summed E-state index contributed by atoms with van der Waals surface area (Å²) in [6.45, 7) is 7.60. The van der Waals surface area contributed by atoms with E-state index >= 15 is 0 Å². The van der Waals surface area contributed by atoms with Crippen molar-refractivity contribution in [1.82, 2.24) is 14.7 Å². The average molecular weight is 326 g/mol. The standard InChI is InChI=1S/C19H26N4O/c1-14-9-7-8-12-22(14)13-18(24)20-19-15(2)21-23(16(19)3)17-10-5-4-6-11-17/h4-6,10-11,14H,7-9,12-13H2,1-3H3,(H,20,24)/t14-/m0/s1. The molecule has 1 saturated heterocycles. The highest BCUT2D eigenvalue weighted by Gasteiger charge is 2.22. The minimum atomic E-state index is 0.0440. The zero-order valence-corrected chi connectivity index (χ0v) is 14.7. The van der Waals surface area contributed by atoms with Crippen LogP contribution in [0.5, 0.6) is 0 Å². The van der Waals surface area contributed by atoms with Crippen molar-refractivity contribution >= 4 is 11.6 Å². The molecule has 1 aliphatic heterocycles. The quantitative estimate of drug-likeness (QED) is 0.938. The van der Waals surface area contributed by atoms with Gasteiger partial charge in [-0.05, 0) is 52.3 Å². The number of aromatic nitrogens is 2. The number of nitrogens with one attached hydrogen (secondary N) is 1. The predicted octanol–water partition coefficient (Wildman–Crippen LogP) is 3.30. The third kappa shape index (κ3) is 3.51. The van der Waals surface area contributed by atoms with Gasteiger partial charge in [0.2, 0.25) is 5.91 Å². The summed E-state index contributed by atoms with van der Waals surface area (Å²) in [4.78, 5) is 14.8. The molecule has 0 saturated carbocycles. The summed E-state index contributed by atoms with van der Waals surface area (Å²) >= 11 is 0. The van der Waals surface area contributed by atoms with E-state index in [0.717, 1.165) is 29.3 Å². The molecule has 1 N–H and O–H groups in total. The number of aryl methyl sites for hydroxylation is 1. The molecule has 5 nitrogen and oxygen atoms in total. The summed E-state index contributed by atoms with van der Waals surface area (Å²) in [5.74, 6) is 0.0440. The maximum atomic E-state index is 12.5. The number of carbonyl (C=O) groups is 1. The van der Waals surface area contributed by atoms with E-state index in [-0.39, 0.29) is 5.91 Å². The molecular weight excluding hydrogens is 300 g/mol. The Hall–Kier alpha value is -2.14. The molecule has 5 heteroatoms. The molecule has 128 valence electrons. The Kier molecular flexibility index (Phi) is 5.00. The number of benzene rings is 1. The Bertz CT molecular complexity index is 708. The van der Waals surface area contributed by atoms with E-state index in [1.807, 2.05) is 48.9 Å². The number of likely N-dealkylation sites (tertiary alicyclic amines) is 1. The van der Waals surface area contributed by atoms with Gasteiger partial charge in [-0.15, -0.1) is 0 Å². The number of amides is 1. The van der Waals surface area contributed by atoms with Crippen LogP contribution in [0, 0.1) is 13.8 Å². The molecule has 0 aliphatic carbocycles. The van der Waals surface area contributed by atoms with Crippen molar-refractivity contribution in [2.75, 3.05) is 18.4 Å². The first-order valence-corrected chi connectivity index (χ1v) is 8.72. The minimum absolute atomic E-state index is 0.0440. The van der Waals surface area contributed by atoms with Gasteiger partial charge in [-0.25, -0.2) is 4.68 Å². The SMILES string of the molecule is Cc1nn(-c2ccccc2)c(C)c1NC(=O)CN1CCCC[C@@H]1C. The molecule has 1 aromatic heterocycles. The fourth-order valence-electron chi connectivity index (χ4n) is 3.40. The number of nitrogens with zero attached hydrogens (tertiary/aromatic N) is 3. The van der Waals surface area contributed by atoms with Crippen LogP contribution < -0.4 is 5.32 Å². The first-order chi connectivity index (χ1) is 11.6. The highest BCUT2D eigenvalue weighted by atomic mass is 16.2. The normalized spacial score (nSPS) is 18.5. The predicted molar refractivity (Wildman–Crippen MR) is 96.6 cm³/mol. The van der Waals surface area contributed by atoms with Crippen LogP contribution in [0.3, 0.4) is 0 Å². The Morgan fingerprint density at radius 1 is 1.25 bits per heavy atom. The third-order valence-corrected chi connectivity index (χ3v) is 4.84. The second-order valence-electron chi connectivity index (χ2n) is 6.66. The van der Waals surface area contributed by atoms with Gasteiger partial charge in [-0.3, -0.25) is 9.69 Å². The van der Waals surface area contributed by atoms with Crippen molar-refractivity contribution in [3.63, 3.8) is 0 Å². The number of hydrogen-bond acceptors (Lipinski definition) is 3. The number of hydrogen-bond donors (Lipinski definition) is 1. The summed E-state index contributed by atoms with van der Waals surface area (Å²) < 4.78 is 1.88. The highest BCUT2D eigenvalue weighted by Crippen LogP contribution is 2.23. The lowest BCUT2D eigenvalue weighted by molar-refractivity contribution is -0.118. The maximum absolute atomic E-state index is 12.5. The van der Waals surface area contributed by atoms with Crippen LogP contribution in [0.25, 0.3) is 5.69 Å². The van der Waals surface area contributed by atoms with Crippen LogP contribution in [0.4, 0.5) is 5.69 Å². The van der Waals surface area contributed by atoms with Crippen molar-refractivity contribution in [2.45, 2.75) is 46.1 Å². The fraction of sp³-hybridized carbons (Fsp3) is 0.474. The highest BCUT2D eigenvalue weighted by molar-refractivity contribution is 5.93. The Morgan fingerprint density at radius 2 is 2.00 bits per heavy atom. The number of para-hydroxylation sites is 1. The van der Waals surface area contributed by atoms with Gasteiger partial charge in [0.1, 0.15) is 0 Å². The van der Waals surface area contributed by atoms with Gasteiger partial charge in [0.15, 0.2) is 0 Å². The first kappa shape index (κ1) is 16.7. The Morgan fingerprint density at radius 3 is 2.71 bits per heavy atom. The average Bonchev–Trinajstić information content (AvgIpc) is 2.86. The lowest BCUT2D eigenvalue weighted by atomic mass is 10.0. The summed E-state index contributed by atoms with van der Waals surface area (Å²) in [5.41, 5.74) is 3.63. The fourth-order valence-corrected chi connectivity index (χ4v) is 3.40. The van der Waals surface area contributed by atoms with E-state index in [1.165, 1.54) is 19.3 Å². The summed E-state index contributed by atoms with van der Waals surface area (Å²) in [6, 6.07) is 10.5. The molecule has 2 aromatic rings.